The van der Waals surface area contributed by atoms with Crippen molar-refractivity contribution in [2.75, 3.05) is 18.9 Å². The summed E-state index contributed by atoms with van der Waals surface area (Å²) >= 11 is 0. The third-order valence-corrected chi connectivity index (χ3v) is 3.52. The molecule has 0 bridgehead atoms. The molecule has 0 saturated heterocycles. The molecule has 0 fully saturated rings. The van der Waals surface area contributed by atoms with Gasteiger partial charge >= 0.3 is 6.61 Å². The van der Waals surface area contributed by atoms with E-state index in [1.54, 1.807) is 12.1 Å². The van der Waals surface area contributed by atoms with E-state index < -0.39 is 6.61 Å². The fraction of sp³-hybridized carbons (Fsp3) is 0.316. The summed E-state index contributed by atoms with van der Waals surface area (Å²) in [6, 6.07) is 12.3. The molecule has 2 rings (SSSR count). The lowest BCUT2D eigenvalue weighted by molar-refractivity contribution is -0.117. The monoisotopic (exact) mass is 348 g/mol. The van der Waals surface area contributed by atoms with E-state index in [4.69, 9.17) is 0 Å². The van der Waals surface area contributed by atoms with Crippen LogP contribution in [0.15, 0.2) is 42.5 Å². The number of hydrogen-bond donors (Lipinski definition) is 1. The van der Waals surface area contributed by atoms with Crippen LogP contribution >= 0.6 is 0 Å². The number of carbonyl (C=O) groups is 1. The number of anilines is 1. The number of nitrogens with zero attached hydrogens (tertiary/aromatic N) is 1. The van der Waals surface area contributed by atoms with Crippen LogP contribution in [0.1, 0.15) is 16.7 Å². The maximum absolute atomic E-state index is 12.2. The second-order valence-electron chi connectivity index (χ2n) is 6.12. The molecule has 0 aliphatic heterocycles. The molecule has 6 heteroatoms. The number of hydrogen-bond acceptors (Lipinski definition) is 3. The van der Waals surface area contributed by atoms with E-state index in [1.807, 2.05) is 44.0 Å². The Morgan fingerprint density at radius 2 is 1.72 bits per heavy atom. The lowest BCUT2D eigenvalue weighted by Gasteiger charge is -2.17. The highest BCUT2D eigenvalue weighted by molar-refractivity contribution is 5.92. The zero-order valence-electron chi connectivity index (χ0n) is 14.6. The van der Waals surface area contributed by atoms with Crippen LogP contribution in [0.4, 0.5) is 14.5 Å². The number of rotatable bonds is 7. The average molecular weight is 348 g/mol. The molecule has 0 aliphatic carbocycles. The zero-order chi connectivity index (χ0) is 18.4. The van der Waals surface area contributed by atoms with E-state index in [1.165, 1.54) is 12.1 Å². The summed E-state index contributed by atoms with van der Waals surface area (Å²) in [5, 5.41) is 2.89. The predicted molar refractivity (Wildman–Crippen MR) is 94.0 cm³/mol. The standard InChI is InChI=1S/C19H22F2N2O2/c1-13-8-14(2)10-16(9-13)22-18(24)12-23(3)11-15-4-6-17(7-5-15)25-19(20)21/h4-10,19H,11-12H2,1-3H3,(H,22,24). The molecule has 4 nitrogen and oxygen atoms in total. The topological polar surface area (TPSA) is 41.6 Å². The first-order valence-corrected chi connectivity index (χ1v) is 7.92. The lowest BCUT2D eigenvalue weighted by Crippen LogP contribution is -2.29. The Morgan fingerprint density at radius 1 is 1.12 bits per heavy atom. The first-order chi connectivity index (χ1) is 11.8. The largest absolute Gasteiger partial charge is 0.435 e. The zero-order valence-corrected chi connectivity index (χ0v) is 14.6. The van der Waals surface area contributed by atoms with Crippen molar-refractivity contribution >= 4 is 11.6 Å². The van der Waals surface area contributed by atoms with Crippen LogP contribution in [0, 0.1) is 13.8 Å². The number of aryl methyl sites for hydroxylation is 2. The lowest BCUT2D eigenvalue weighted by atomic mass is 10.1. The molecule has 1 amide bonds. The normalized spacial score (nSPS) is 11.0. The van der Waals surface area contributed by atoms with Crippen molar-refractivity contribution in [3.63, 3.8) is 0 Å². The molecule has 0 aliphatic rings. The number of benzene rings is 2. The van der Waals surface area contributed by atoms with Crippen molar-refractivity contribution in [3.05, 3.63) is 59.2 Å². The minimum absolute atomic E-state index is 0.106. The first-order valence-electron chi connectivity index (χ1n) is 7.92. The summed E-state index contributed by atoms with van der Waals surface area (Å²) in [7, 11) is 1.82. The highest BCUT2D eigenvalue weighted by Gasteiger charge is 2.09. The molecule has 0 radical (unpaired) electrons. The first kappa shape index (κ1) is 18.9. The summed E-state index contributed by atoms with van der Waals surface area (Å²) in [5.74, 6) is 0.0131. The molecule has 0 heterocycles. The summed E-state index contributed by atoms with van der Waals surface area (Å²) in [6.45, 7) is 1.88. The van der Waals surface area contributed by atoms with Crippen LogP contribution in [-0.4, -0.2) is 31.0 Å². The minimum Gasteiger partial charge on any atom is -0.435 e. The second-order valence-corrected chi connectivity index (χ2v) is 6.12. The van der Waals surface area contributed by atoms with Gasteiger partial charge < -0.3 is 10.1 Å². The Labute approximate surface area is 146 Å². The number of amides is 1. The van der Waals surface area contributed by atoms with Gasteiger partial charge in [0.2, 0.25) is 5.91 Å². The fourth-order valence-corrected chi connectivity index (χ4v) is 2.64. The van der Waals surface area contributed by atoms with Crippen LogP contribution in [0.5, 0.6) is 5.75 Å². The van der Waals surface area contributed by atoms with E-state index in [0.717, 1.165) is 22.4 Å². The Kier molecular flexibility index (Phi) is 6.47. The summed E-state index contributed by atoms with van der Waals surface area (Å²) in [5.41, 5.74) is 3.87. The molecule has 25 heavy (non-hydrogen) atoms. The maximum atomic E-state index is 12.2. The second kappa shape index (κ2) is 8.58. The highest BCUT2D eigenvalue weighted by Crippen LogP contribution is 2.16. The van der Waals surface area contributed by atoms with Crippen molar-refractivity contribution in [1.29, 1.82) is 0 Å². The Hall–Kier alpha value is -2.47. The van der Waals surface area contributed by atoms with Crippen LogP contribution < -0.4 is 10.1 Å². The van der Waals surface area contributed by atoms with Crippen LogP contribution in [-0.2, 0) is 11.3 Å². The van der Waals surface area contributed by atoms with Crippen molar-refractivity contribution in [1.82, 2.24) is 4.90 Å². The van der Waals surface area contributed by atoms with E-state index in [-0.39, 0.29) is 18.2 Å². The Balaban J connectivity index is 1.86. The van der Waals surface area contributed by atoms with E-state index in [9.17, 15) is 13.6 Å². The molecule has 2 aromatic rings. The van der Waals surface area contributed by atoms with Crippen molar-refractivity contribution in [3.8, 4) is 5.75 Å². The number of likely N-dealkylation sites (N-methyl/N-ethyl adjacent to an activating group) is 1. The average Bonchev–Trinajstić information content (AvgIpc) is 2.47. The van der Waals surface area contributed by atoms with Gasteiger partial charge in [0.15, 0.2) is 0 Å². The molecule has 1 N–H and O–H groups in total. The predicted octanol–water partition coefficient (Wildman–Crippen LogP) is 3.98. The van der Waals surface area contributed by atoms with Crippen LogP contribution in [0.2, 0.25) is 0 Å². The van der Waals surface area contributed by atoms with Gasteiger partial charge in [0.25, 0.3) is 0 Å². The van der Waals surface area contributed by atoms with Gasteiger partial charge in [-0.05, 0) is 61.9 Å². The smallest absolute Gasteiger partial charge is 0.387 e. The molecule has 0 spiro atoms. The minimum atomic E-state index is -2.83. The molecule has 0 aromatic heterocycles. The van der Waals surface area contributed by atoms with Crippen LogP contribution in [0.3, 0.4) is 0 Å². The number of carbonyl (C=O) groups excluding carboxylic acids is 1. The number of nitrogens with one attached hydrogen (secondary N) is 1. The fourth-order valence-electron chi connectivity index (χ4n) is 2.64. The van der Waals surface area contributed by atoms with Gasteiger partial charge in [-0.2, -0.15) is 8.78 Å². The van der Waals surface area contributed by atoms with Gasteiger partial charge in [-0.25, -0.2) is 0 Å². The molecular weight excluding hydrogens is 326 g/mol. The summed E-state index contributed by atoms with van der Waals surface area (Å²) in [4.78, 5) is 14.0. The third kappa shape index (κ3) is 6.51. The van der Waals surface area contributed by atoms with Gasteiger partial charge in [-0.1, -0.05) is 18.2 Å². The molecule has 0 saturated carbocycles. The quantitative estimate of drug-likeness (QED) is 0.823. The van der Waals surface area contributed by atoms with E-state index in [0.29, 0.717) is 6.54 Å². The highest BCUT2D eigenvalue weighted by atomic mass is 19.3. The summed E-state index contributed by atoms with van der Waals surface area (Å²) in [6.07, 6.45) is 0. The van der Waals surface area contributed by atoms with Gasteiger partial charge in [0.1, 0.15) is 5.75 Å². The Bertz CT molecular complexity index is 698. The third-order valence-electron chi connectivity index (χ3n) is 3.52. The molecular formula is C19H22F2N2O2. The van der Waals surface area contributed by atoms with Crippen molar-refractivity contribution in [2.45, 2.75) is 27.0 Å². The van der Waals surface area contributed by atoms with Crippen molar-refractivity contribution in [2.24, 2.45) is 0 Å². The number of alkyl halides is 2. The SMILES string of the molecule is Cc1cc(C)cc(NC(=O)CN(C)Cc2ccc(OC(F)F)cc2)c1. The molecule has 0 atom stereocenters. The van der Waals surface area contributed by atoms with Crippen LogP contribution in [0.25, 0.3) is 0 Å². The molecule has 134 valence electrons. The molecule has 0 unspecified atom stereocenters. The van der Waals surface area contributed by atoms with Gasteiger partial charge in [0, 0.05) is 12.2 Å². The van der Waals surface area contributed by atoms with E-state index in [2.05, 4.69) is 10.1 Å². The Morgan fingerprint density at radius 3 is 2.28 bits per heavy atom. The maximum Gasteiger partial charge on any atom is 0.387 e. The number of halogens is 2. The molecule has 2 aromatic carbocycles. The number of ether oxygens (including phenoxy) is 1. The van der Waals surface area contributed by atoms with Gasteiger partial charge in [-0.3, -0.25) is 9.69 Å². The van der Waals surface area contributed by atoms with Gasteiger partial charge in [0.05, 0.1) is 6.54 Å². The summed E-state index contributed by atoms with van der Waals surface area (Å²) < 4.78 is 28.6. The van der Waals surface area contributed by atoms with Gasteiger partial charge in [-0.15, -0.1) is 0 Å². The van der Waals surface area contributed by atoms with E-state index >= 15 is 0 Å². The van der Waals surface area contributed by atoms with Crippen molar-refractivity contribution < 1.29 is 18.3 Å².